The Morgan fingerprint density at radius 2 is 2.04 bits per heavy atom. The first-order valence-corrected chi connectivity index (χ1v) is 8.40. The first-order chi connectivity index (χ1) is 11.0. The summed E-state index contributed by atoms with van der Waals surface area (Å²) in [6.07, 6.45) is 6.39. The normalized spacial score (nSPS) is 17.5. The standard InChI is InChI=1S/C15H20BrN5O2/c1-19-8-5-17-14(19)13(22)10-3-6-21(7-4-10)11-9-18-20(2)15(23)12(11)16/h5,8-10,13,22H,3-4,6-7H2,1-2H3. The van der Waals surface area contributed by atoms with Crippen LogP contribution < -0.4 is 10.5 Å². The number of aliphatic hydroxyl groups is 1. The van der Waals surface area contributed by atoms with Crippen molar-refractivity contribution >= 4 is 21.6 Å². The van der Waals surface area contributed by atoms with E-state index in [0.717, 1.165) is 31.6 Å². The van der Waals surface area contributed by atoms with Gasteiger partial charge in [-0.25, -0.2) is 9.67 Å². The fourth-order valence-electron chi connectivity index (χ4n) is 3.05. The average Bonchev–Trinajstić information content (AvgIpc) is 2.98. The highest BCUT2D eigenvalue weighted by atomic mass is 79.9. The fourth-order valence-corrected chi connectivity index (χ4v) is 3.66. The van der Waals surface area contributed by atoms with Gasteiger partial charge in [0.25, 0.3) is 5.56 Å². The Bertz CT molecular complexity index is 749. The first-order valence-electron chi connectivity index (χ1n) is 7.61. The Labute approximate surface area is 142 Å². The summed E-state index contributed by atoms with van der Waals surface area (Å²) >= 11 is 3.37. The molecule has 1 aliphatic heterocycles. The highest BCUT2D eigenvalue weighted by Crippen LogP contribution is 2.32. The van der Waals surface area contributed by atoms with Gasteiger partial charge in [-0.2, -0.15) is 5.10 Å². The predicted molar refractivity (Wildman–Crippen MR) is 90.3 cm³/mol. The molecule has 1 saturated heterocycles. The number of anilines is 1. The summed E-state index contributed by atoms with van der Waals surface area (Å²) in [7, 11) is 3.52. The van der Waals surface area contributed by atoms with Crippen molar-refractivity contribution in [1.29, 1.82) is 0 Å². The van der Waals surface area contributed by atoms with Crippen molar-refractivity contribution < 1.29 is 5.11 Å². The molecule has 3 heterocycles. The average molecular weight is 382 g/mol. The van der Waals surface area contributed by atoms with Crippen LogP contribution in [0.4, 0.5) is 5.69 Å². The monoisotopic (exact) mass is 381 g/mol. The van der Waals surface area contributed by atoms with Crippen molar-refractivity contribution in [1.82, 2.24) is 19.3 Å². The highest BCUT2D eigenvalue weighted by molar-refractivity contribution is 9.10. The van der Waals surface area contributed by atoms with Crippen LogP contribution in [0.2, 0.25) is 0 Å². The van der Waals surface area contributed by atoms with E-state index in [2.05, 4.69) is 30.9 Å². The van der Waals surface area contributed by atoms with E-state index in [9.17, 15) is 9.90 Å². The van der Waals surface area contributed by atoms with Crippen LogP contribution in [0.5, 0.6) is 0 Å². The number of hydrogen-bond acceptors (Lipinski definition) is 5. The number of hydrogen-bond donors (Lipinski definition) is 1. The van der Waals surface area contributed by atoms with Gasteiger partial charge in [-0.3, -0.25) is 4.79 Å². The van der Waals surface area contributed by atoms with Crippen LogP contribution in [0.1, 0.15) is 24.8 Å². The lowest BCUT2D eigenvalue weighted by molar-refractivity contribution is 0.0824. The van der Waals surface area contributed by atoms with E-state index in [1.54, 1.807) is 19.4 Å². The zero-order valence-corrected chi connectivity index (χ0v) is 14.8. The van der Waals surface area contributed by atoms with Crippen LogP contribution in [0.3, 0.4) is 0 Å². The number of aromatic nitrogens is 4. The quantitative estimate of drug-likeness (QED) is 0.864. The summed E-state index contributed by atoms with van der Waals surface area (Å²) in [5.41, 5.74) is 0.677. The second kappa shape index (κ2) is 6.45. The van der Waals surface area contributed by atoms with E-state index in [1.807, 2.05) is 17.8 Å². The summed E-state index contributed by atoms with van der Waals surface area (Å²) in [6.45, 7) is 1.55. The molecule has 124 valence electrons. The number of imidazole rings is 1. The molecular weight excluding hydrogens is 362 g/mol. The van der Waals surface area contributed by atoms with E-state index in [0.29, 0.717) is 10.3 Å². The third-order valence-electron chi connectivity index (χ3n) is 4.51. The molecule has 0 bridgehead atoms. The molecule has 1 N–H and O–H groups in total. The maximum Gasteiger partial charge on any atom is 0.282 e. The molecular formula is C15H20BrN5O2. The summed E-state index contributed by atoms with van der Waals surface area (Å²) in [4.78, 5) is 18.4. The third-order valence-corrected chi connectivity index (χ3v) is 5.26. The second-order valence-electron chi connectivity index (χ2n) is 5.94. The van der Waals surface area contributed by atoms with E-state index in [4.69, 9.17) is 0 Å². The number of nitrogens with zero attached hydrogens (tertiary/aromatic N) is 5. The number of halogens is 1. The Morgan fingerprint density at radius 1 is 1.35 bits per heavy atom. The minimum Gasteiger partial charge on any atom is -0.385 e. The van der Waals surface area contributed by atoms with E-state index in [-0.39, 0.29) is 11.5 Å². The Balaban J connectivity index is 1.71. The summed E-state index contributed by atoms with van der Waals surface area (Å²) in [5.74, 6) is 0.880. The molecule has 1 unspecified atom stereocenters. The summed E-state index contributed by atoms with van der Waals surface area (Å²) < 4.78 is 3.71. The smallest absolute Gasteiger partial charge is 0.282 e. The lowest BCUT2D eigenvalue weighted by atomic mass is 9.90. The molecule has 8 heteroatoms. The molecule has 7 nitrogen and oxygen atoms in total. The predicted octanol–water partition coefficient (Wildman–Crippen LogP) is 1.23. The Kier molecular flexibility index (Phi) is 4.54. The molecule has 3 rings (SSSR count). The first kappa shape index (κ1) is 16.2. The van der Waals surface area contributed by atoms with E-state index >= 15 is 0 Å². The molecule has 1 aliphatic rings. The second-order valence-corrected chi connectivity index (χ2v) is 6.73. The van der Waals surface area contributed by atoms with E-state index < -0.39 is 6.10 Å². The van der Waals surface area contributed by atoms with Crippen molar-refractivity contribution in [3.63, 3.8) is 0 Å². The fraction of sp³-hybridized carbons (Fsp3) is 0.533. The van der Waals surface area contributed by atoms with Crippen LogP contribution in [0.25, 0.3) is 0 Å². The maximum atomic E-state index is 12.0. The molecule has 23 heavy (non-hydrogen) atoms. The van der Waals surface area contributed by atoms with Crippen LogP contribution in [-0.4, -0.2) is 37.5 Å². The molecule has 0 radical (unpaired) electrons. The maximum absolute atomic E-state index is 12.0. The molecule has 0 aliphatic carbocycles. The van der Waals surface area contributed by atoms with Crippen molar-refractivity contribution in [2.24, 2.45) is 20.0 Å². The molecule has 0 saturated carbocycles. The lowest BCUT2D eigenvalue weighted by Crippen LogP contribution is -2.37. The number of aliphatic hydroxyl groups excluding tert-OH is 1. The van der Waals surface area contributed by atoms with Gasteiger partial charge < -0.3 is 14.6 Å². The van der Waals surface area contributed by atoms with Crippen LogP contribution in [0.15, 0.2) is 27.9 Å². The van der Waals surface area contributed by atoms with Crippen molar-refractivity contribution in [3.05, 3.63) is 39.2 Å². The highest BCUT2D eigenvalue weighted by Gasteiger charge is 2.29. The largest absolute Gasteiger partial charge is 0.385 e. The molecule has 0 spiro atoms. The molecule has 1 atom stereocenters. The van der Waals surface area contributed by atoms with Crippen LogP contribution in [-0.2, 0) is 14.1 Å². The zero-order chi connectivity index (χ0) is 16.6. The minimum absolute atomic E-state index is 0.141. The van der Waals surface area contributed by atoms with Crippen molar-refractivity contribution in [3.8, 4) is 0 Å². The zero-order valence-electron chi connectivity index (χ0n) is 13.2. The SMILES string of the molecule is Cn1ccnc1C(O)C1CCN(c2cnn(C)c(=O)c2Br)CC1. The van der Waals surface area contributed by atoms with Crippen LogP contribution in [0, 0.1) is 5.92 Å². The summed E-state index contributed by atoms with van der Waals surface area (Å²) in [6, 6.07) is 0. The number of rotatable bonds is 3. The van der Waals surface area contributed by atoms with Gasteiger partial charge in [-0.15, -0.1) is 0 Å². The third kappa shape index (κ3) is 3.05. The molecule has 1 fully saturated rings. The van der Waals surface area contributed by atoms with E-state index in [1.165, 1.54) is 4.68 Å². The number of piperidine rings is 1. The van der Waals surface area contributed by atoms with Gasteiger partial charge in [0.15, 0.2) is 0 Å². The lowest BCUT2D eigenvalue weighted by Gasteiger charge is -2.35. The van der Waals surface area contributed by atoms with Gasteiger partial charge >= 0.3 is 0 Å². The van der Waals surface area contributed by atoms with Gasteiger partial charge in [0.2, 0.25) is 0 Å². The van der Waals surface area contributed by atoms with Gasteiger partial charge in [-0.1, -0.05) is 0 Å². The molecule has 0 aromatic carbocycles. The van der Waals surface area contributed by atoms with Crippen molar-refractivity contribution in [2.75, 3.05) is 18.0 Å². The minimum atomic E-state index is -0.553. The van der Waals surface area contributed by atoms with Crippen LogP contribution >= 0.6 is 15.9 Å². The number of aryl methyl sites for hydroxylation is 2. The molecule has 2 aromatic rings. The van der Waals surface area contributed by atoms with Crippen molar-refractivity contribution in [2.45, 2.75) is 18.9 Å². The Hall–Kier alpha value is -1.67. The van der Waals surface area contributed by atoms with Gasteiger partial charge in [-0.05, 0) is 34.7 Å². The molecule has 0 amide bonds. The van der Waals surface area contributed by atoms with Gasteiger partial charge in [0.1, 0.15) is 16.4 Å². The van der Waals surface area contributed by atoms with Gasteiger partial charge in [0, 0.05) is 39.6 Å². The van der Waals surface area contributed by atoms with Gasteiger partial charge in [0.05, 0.1) is 11.9 Å². The topological polar surface area (TPSA) is 76.2 Å². The summed E-state index contributed by atoms with van der Waals surface area (Å²) in [5, 5.41) is 14.6. The molecule has 2 aromatic heterocycles. The Morgan fingerprint density at radius 3 is 2.65 bits per heavy atom.